The third kappa shape index (κ3) is 4.77. The average molecular weight is 384 g/mol. The second-order valence-corrected chi connectivity index (χ2v) is 6.93. The molecule has 28 heavy (non-hydrogen) atoms. The monoisotopic (exact) mass is 384 g/mol. The molecule has 0 aliphatic heterocycles. The van der Waals surface area contributed by atoms with E-state index in [2.05, 4.69) is 44.4 Å². The number of tetrazole rings is 1. The number of pyridine rings is 1. The number of likely N-dealkylation sites (N-methyl/N-ethyl adjacent to an activating group) is 1. The first-order valence-corrected chi connectivity index (χ1v) is 8.99. The Bertz CT molecular complexity index is 905. The Morgan fingerprint density at radius 1 is 1.21 bits per heavy atom. The van der Waals surface area contributed by atoms with Crippen molar-refractivity contribution < 1.29 is 9.32 Å². The van der Waals surface area contributed by atoms with Gasteiger partial charge in [0, 0.05) is 37.1 Å². The Kier molecular flexibility index (Phi) is 6.09. The number of rotatable bonds is 8. The van der Waals surface area contributed by atoms with Crippen molar-refractivity contribution in [2.75, 3.05) is 14.1 Å². The van der Waals surface area contributed by atoms with Gasteiger partial charge in [-0.05, 0) is 43.5 Å². The zero-order valence-corrected chi connectivity index (χ0v) is 16.5. The van der Waals surface area contributed by atoms with E-state index in [-0.39, 0.29) is 12.5 Å². The fourth-order valence-corrected chi connectivity index (χ4v) is 2.48. The highest BCUT2D eigenvalue weighted by molar-refractivity contribution is 5.75. The van der Waals surface area contributed by atoms with E-state index in [4.69, 9.17) is 4.52 Å². The lowest BCUT2D eigenvalue weighted by Crippen LogP contribution is -2.32. The fraction of sp³-hybridized carbons (Fsp3) is 0.444. The topological polar surface area (TPSA) is 106 Å². The van der Waals surface area contributed by atoms with E-state index in [1.807, 2.05) is 25.2 Å². The summed E-state index contributed by atoms with van der Waals surface area (Å²) >= 11 is 0. The zero-order chi connectivity index (χ0) is 20.1. The lowest BCUT2D eigenvalue weighted by Gasteiger charge is -2.20. The van der Waals surface area contributed by atoms with Crippen LogP contribution in [-0.2, 0) is 24.4 Å². The predicted octanol–water partition coefficient (Wildman–Crippen LogP) is 1.22. The normalized spacial score (nSPS) is 11.4. The van der Waals surface area contributed by atoms with Gasteiger partial charge in [0.15, 0.2) is 11.6 Å². The van der Waals surface area contributed by atoms with Gasteiger partial charge in [-0.15, -0.1) is 5.10 Å². The maximum absolute atomic E-state index is 12.6. The first-order chi connectivity index (χ1) is 13.4. The van der Waals surface area contributed by atoms with Gasteiger partial charge in [0.1, 0.15) is 12.2 Å². The second kappa shape index (κ2) is 8.70. The molecule has 0 unspecified atom stereocenters. The molecule has 0 atom stereocenters. The first-order valence-electron chi connectivity index (χ1n) is 8.99. The van der Waals surface area contributed by atoms with Gasteiger partial charge in [-0.25, -0.2) is 4.68 Å². The van der Waals surface area contributed by atoms with Crippen LogP contribution >= 0.6 is 0 Å². The molecule has 0 bridgehead atoms. The van der Waals surface area contributed by atoms with Gasteiger partial charge in [-0.1, -0.05) is 5.16 Å². The van der Waals surface area contributed by atoms with Crippen LogP contribution in [0.25, 0.3) is 11.3 Å². The Labute approximate surface area is 163 Å². The van der Waals surface area contributed by atoms with E-state index < -0.39 is 0 Å². The van der Waals surface area contributed by atoms with Gasteiger partial charge in [-0.2, -0.15) is 0 Å². The van der Waals surface area contributed by atoms with Crippen molar-refractivity contribution in [3.63, 3.8) is 0 Å². The molecule has 3 aromatic rings. The Morgan fingerprint density at radius 3 is 2.68 bits per heavy atom. The molecular weight excluding hydrogens is 360 g/mol. The van der Waals surface area contributed by atoms with E-state index in [1.165, 1.54) is 4.68 Å². The fourth-order valence-electron chi connectivity index (χ4n) is 2.48. The summed E-state index contributed by atoms with van der Waals surface area (Å²) in [5, 5.41) is 15.7. The molecule has 3 aromatic heterocycles. The van der Waals surface area contributed by atoms with Crippen LogP contribution in [0.5, 0.6) is 0 Å². The second-order valence-electron chi connectivity index (χ2n) is 6.93. The van der Waals surface area contributed by atoms with Crippen molar-refractivity contribution in [1.29, 1.82) is 0 Å². The molecule has 10 heteroatoms. The molecule has 0 aliphatic carbocycles. The molecule has 0 fully saturated rings. The Balaban J connectivity index is 1.60. The molecule has 0 radical (unpaired) electrons. The SMILES string of the molecule is CC(C)N(C)Cc1nnnn1CC(=O)N(C)Cc1cc(-c2ccncc2)no1. The third-order valence-electron chi connectivity index (χ3n) is 4.52. The zero-order valence-electron chi connectivity index (χ0n) is 16.5. The van der Waals surface area contributed by atoms with E-state index in [9.17, 15) is 4.79 Å². The number of amides is 1. The molecule has 3 rings (SSSR count). The highest BCUT2D eigenvalue weighted by atomic mass is 16.5. The van der Waals surface area contributed by atoms with Crippen molar-refractivity contribution in [2.24, 2.45) is 0 Å². The molecule has 148 valence electrons. The molecule has 1 amide bonds. The molecule has 0 saturated carbocycles. The summed E-state index contributed by atoms with van der Waals surface area (Å²) in [4.78, 5) is 20.2. The Morgan fingerprint density at radius 2 is 1.96 bits per heavy atom. The molecule has 0 aromatic carbocycles. The van der Waals surface area contributed by atoms with Gasteiger partial charge in [-0.3, -0.25) is 14.7 Å². The number of carbonyl (C=O) groups is 1. The van der Waals surface area contributed by atoms with E-state index in [0.717, 1.165) is 5.56 Å². The molecule has 0 aliphatic rings. The summed E-state index contributed by atoms with van der Waals surface area (Å²) < 4.78 is 6.89. The number of hydrogen-bond donors (Lipinski definition) is 0. The van der Waals surface area contributed by atoms with Crippen molar-refractivity contribution in [3.8, 4) is 11.3 Å². The van der Waals surface area contributed by atoms with Gasteiger partial charge in [0.2, 0.25) is 5.91 Å². The highest BCUT2D eigenvalue weighted by Crippen LogP contribution is 2.18. The molecule has 0 N–H and O–H groups in total. The van der Waals surface area contributed by atoms with Crippen LogP contribution in [0.15, 0.2) is 35.1 Å². The minimum atomic E-state index is -0.123. The average Bonchev–Trinajstić information content (AvgIpc) is 3.32. The van der Waals surface area contributed by atoms with Crippen LogP contribution in [0.1, 0.15) is 25.4 Å². The first kappa shape index (κ1) is 19.6. The van der Waals surface area contributed by atoms with Crippen LogP contribution in [-0.4, -0.2) is 66.2 Å². The maximum atomic E-state index is 12.6. The van der Waals surface area contributed by atoms with Crippen LogP contribution in [0.3, 0.4) is 0 Å². The van der Waals surface area contributed by atoms with Crippen molar-refractivity contribution >= 4 is 5.91 Å². The van der Waals surface area contributed by atoms with Gasteiger partial charge in [0.25, 0.3) is 0 Å². The summed E-state index contributed by atoms with van der Waals surface area (Å²) in [6, 6.07) is 5.87. The van der Waals surface area contributed by atoms with Crippen molar-refractivity contribution in [1.82, 2.24) is 40.1 Å². The molecule has 10 nitrogen and oxygen atoms in total. The van der Waals surface area contributed by atoms with Gasteiger partial charge >= 0.3 is 0 Å². The van der Waals surface area contributed by atoms with Crippen LogP contribution in [0, 0.1) is 0 Å². The van der Waals surface area contributed by atoms with E-state index in [0.29, 0.717) is 36.4 Å². The molecule has 0 spiro atoms. The summed E-state index contributed by atoms with van der Waals surface area (Å²) in [7, 11) is 3.70. The van der Waals surface area contributed by atoms with Crippen LogP contribution in [0.2, 0.25) is 0 Å². The molecule has 3 heterocycles. The van der Waals surface area contributed by atoms with Crippen LogP contribution < -0.4 is 0 Å². The smallest absolute Gasteiger partial charge is 0.244 e. The maximum Gasteiger partial charge on any atom is 0.244 e. The summed E-state index contributed by atoms with van der Waals surface area (Å²) in [6.07, 6.45) is 3.39. The molecular formula is C18H24N8O2. The predicted molar refractivity (Wildman–Crippen MR) is 101 cm³/mol. The largest absolute Gasteiger partial charge is 0.359 e. The lowest BCUT2D eigenvalue weighted by molar-refractivity contribution is -0.131. The summed E-state index contributed by atoms with van der Waals surface area (Å²) in [5.41, 5.74) is 1.62. The number of aromatic nitrogens is 6. The highest BCUT2D eigenvalue weighted by Gasteiger charge is 2.18. The van der Waals surface area contributed by atoms with Gasteiger partial charge < -0.3 is 9.42 Å². The lowest BCUT2D eigenvalue weighted by atomic mass is 10.2. The minimum absolute atomic E-state index is 0.0656. The van der Waals surface area contributed by atoms with Crippen molar-refractivity contribution in [2.45, 2.75) is 39.5 Å². The van der Waals surface area contributed by atoms with Crippen LogP contribution in [0.4, 0.5) is 0 Å². The molecule has 0 saturated heterocycles. The van der Waals surface area contributed by atoms with Gasteiger partial charge in [0.05, 0.1) is 13.1 Å². The summed E-state index contributed by atoms with van der Waals surface area (Å²) in [6.45, 7) is 5.12. The number of nitrogens with zero attached hydrogens (tertiary/aromatic N) is 8. The Hall–Kier alpha value is -3.14. The summed E-state index contributed by atoms with van der Waals surface area (Å²) in [5.74, 6) is 1.12. The minimum Gasteiger partial charge on any atom is -0.359 e. The van der Waals surface area contributed by atoms with Crippen molar-refractivity contribution in [3.05, 3.63) is 42.2 Å². The van der Waals surface area contributed by atoms with E-state index in [1.54, 1.807) is 24.3 Å². The van der Waals surface area contributed by atoms with E-state index >= 15 is 0 Å². The number of carbonyl (C=O) groups excluding carboxylic acids is 1. The number of hydrogen-bond acceptors (Lipinski definition) is 8. The standard InChI is InChI=1S/C18H24N8O2/c1-13(2)24(3)11-17-20-22-23-26(17)12-18(27)25(4)10-15-9-16(21-28-15)14-5-7-19-8-6-14/h5-9,13H,10-12H2,1-4H3. The quantitative estimate of drug-likeness (QED) is 0.571. The third-order valence-corrected chi connectivity index (χ3v) is 4.52.